The summed E-state index contributed by atoms with van der Waals surface area (Å²) >= 11 is 0. The summed E-state index contributed by atoms with van der Waals surface area (Å²) in [6, 6.07) is 7.15. The fourth-order valence-corrected chi connectivity index (χ4v) is 3.19. The molecule has 0 radical (unpaired) electrons. The monoisotopic (exact) mass is 201 g/mol. The molecule has 2 N–H and O–H groups in total. The van der Waals surface area contributed by atoms with E-state index in [0.717, 1.165) is 0 Å². The zero-order valence-electron chi connectivity index (χ0n) is 9.42. The van der Waals surface area contributed by atoms with Crippen LogP contribution in [0.15, 0.2) is 18.2 Å². The molecule has 1 saturated carbocycles. The van der Waals surface area contributed by atoms with Crippen LogP contribution in [0.3, 0.4) is 0 Å². The minimum absolute atomic E-state index is 0.310. The maximum absolute atomic E-state index is 6.16. The number of nitrogens with two attached hydrogens (primary N) is 1. The molecular weight excluding hydrogens is 182 g/mol. The highest BCUT2D eigenvalue weighted by Crippen LogP contribution is 2.52. The molecule has 1 heteroatoms. The summed E-state index contributed by atoms with van der Waals surface area (Å²) in [7, 11) is 0. The molecule has 0 bridgehead atoms. The Bertz CT molecular complexity index is 388. The van der Waals surface area contributed by atoms with E-state index in [9.17, 15) is 0 Å². The summed E-state index contributed by atoms with van der Waals surface area (Å²) in [4.78, 5) is 0. The molecule has 2 aliphatic rings. The predicted octanol–water partition coefficient (Wildman–Crippen LogP) is 2.55. The second-order valence-corrected chi connectivity index (χ2v) is 5.24. The largest absolute Gasteiger partial charge is 0.327 e. The maximum atomic E-state index is 6.16. The molecule has 0 saturated heterocycles. The Kier molecular flexibility index (Phi) is 1.93. The molecule has 15 heavy (non-hydrogen) atoms. The van der Waals surface area contributed by atoms with E-state index >= 15 is 0 Å². The van der Waals surface area contributed by atoms with Crippen molar-refractivity contribution in [3.63, 3.8) is 0 Å². The van der Waals surface area contributed by atoms with E-state index in [0.29, 0.717) is 11.5 Å². The topological polar surface area (TPSA) is 26.0 Å². The Balaban J connectivity index is 2.10. The van der Waals surface area contributed by atoms with Gasteiger partial charge in [0.2, 0.25) is 0 Å². The number of hydrogen-bond donors (Lipinski definition) is 1. The van der Waals surface area contributed by atoms with Gasteiger partial charge in [0.1, 0.15) is 0 Å². The first-order chi connectivity index (χ1) is 7.24. The van der Waals surface area contributed by atoms with Crippen molar-refractivity contribution < 1.29 is 0 Å². The molecule has 0 spiro atoms. The average molecular weight is 201 g/mol. The molecule has 1 unspecified atom stereocenters. The molecular formula is C14H19N. The van der Waals surface area contributed by atoms with Gasteiger partial charge in [0, 0.05) is 11.5 Å². The Morgan fingerprint density at radius 2 is 2.07 bits per heavy atom. The smallest absolute Gasteiger partial charge is 0.0108 e. The first-order valence-corrected chi connectivity index (χ1v) is 6.11. The minimum Gasteiger partial charge on any atom is -0.327 e. The third-order valence-electron chi connectivity index (χ3n) is 4.34. The van der Waals surface area contributed by atoms with Crippen molar-refractivity contribution in [3.05, 3.63) is 34.9 Å². The van der Waals surface area contributed by atoms with Crippen LogP contribution in [-0.2, 0) is 18.3 Å². The zero-order chi connectivity index (χ0) is 10.5. The van der Waals surface area contributed by atoms with Gasteiger partial charge in [0.15, 0.2) is 0 Å². The van der Waals surface area contributed by atoms with Gasteiger partial charge in [0.25, 0.3) is 0 Å². The van der Waals surface area contributed by atoms with Crippen LogP contribution in [0.1, 0.15) is 42.9 Å². The van der Waals surface area contributed by atoms with E-state index in [1.807, 2.05) is 0 Å². The molecule has 1 nitrogen and oxygen atoms in total. The van der Waals surface area contributed by atoms with Gasteiger partial charge in [-0.25, -0.2) is 0 Å². The quantitative estimate of drug-likeness (QED) is 0.782. The van der Waals surface area contributed by atoms with Gasteiger partial charge in [-0.15, -0.1) is 0 Å². The van der Waals surface area contributed by atoms with Crippen LogP contribution in [0.25, 0.3) is 0 Å². The van der Waals surface area contributed by atoms with Crippen molar-refractivity contribution in [2.45, 2.75) is 50.5 Å². The van der Waals surface area contributed by atoms with Gasteiger partial charge in [-0.1, -0.05) is 18.2 Å². The van der Waals surface area contributed by atoms with Crippen molar-refractivity contribution in [2.24, 2.45) is 5.73 Å². The minimum atomic E-state index is 0.310. The van der Waals surface area contributed by atoms with E-state index in [2.05, 4.69) is 25.1 Å². The molecule has 0 aromatic heterocycles. The molecule has 0 amide bonds. The van der Waals surface area contributed by atoms with Crippen LogP contribution < -0.4 is 5.73 Å². The molecule has 3 rings (SSSR count). The number of fused-ring (bicyclic) bond motifs is 1. The van der Waals surface area contributed by atoms with Crippen molar-refractivity contribution in [3.8, 4) is 0 Å². The lowest BCUT2D eigenvalue weighted by molar-refractivity contribution is 0.552. The number of hydrogen-bond acceptors (Lipinski definition) is 1. The van der Waals surface area contributed by atoms with Crippen LogP contribution in [0, 0.1) is 0 Å². The van der Waals surface area contributed by atoms with Crippen LogP contribution in [0.5, 0.6) is 0 Å². The Labute approximate surface area is 91.7 Å². The first-order valence-electron chi connectivity index (χ1n) is 6.11. The summed E-state index contributed by atoms with van der Waals surface area (Å²) in [6.45, 7) is 2.17. The van der Waals surface area contributed by atoms with E-state index in [1.165, 1.54) is 32.1 Å². The second kappa shape index (κ2) is 3.08. The number of benzene rings is 1. The standard InChI is InChI=1S/C14H19N/c1-10(15)14(8-9-14)13-7-3-5-11-4-2-6-12(11)13/h3,5,7,10H,2,4,6,8-9,15H2,1H3. The molecule has 80 valence electrons. The van der Waals surface area contributed by atoms with E-state index < -0.39 is 0 Å². The lowest BCUT2D eigenvalue weighted by Gasteiger charge is -2.23. The van der Waals surface area contributed by atoms with Crippen LogP contribution >= 0.6 is 0 Å². The fraction of sp³-hybridized carbons (Fsp3) is 0.571. The first kappa shape index (κ1) is 9.41. The molecule has 1 aromatic rings. The molecule has 1 fully saturated rings. The van der Waals surface area contributed by atoms with E-state index in [-0.39, 0.29) is 0 Å². The summed E-state index contributed by atoms with van der Waals surface area (Å²) in [6.07, 6.45) is 6.47. The molecule has 1 atom stereocenters. The zero-order valence-corrected chi connectivity index (χ0v) is 9.42. The Morgan fingerprint density at radius 3 is 2.73 bits per heavy atom. The maximum Gasteiger partial charge on any atom is 0.0108 e. The summed E-state index contributed by atoms with van der Waals surface area (Å²) in [5.74, 6) is 0. The lowest BCUT2D eigenvalue weighted by atomic mass is 9.85. The molecule has 1 aromatic carbocycles. The van der Waals surface area contributed by atoms with Crippen molar-refractivity contribution in [2.75, 3.05) is 0 Å². The van der Waals surface area contributed by atoms with Gasteiger partial charge >= 0.3 is 0 Å². The normalized spacial score (nSPS) is 23.6. The predicted molar refractivity (Wildman–Crippen MR) is 63.0 cm³/mol. The fourth-order valence-electron chi connectivity index (χ4n) is 3.19. The van der Waals surface area contributed by atoms with Crippen LogP contribution in [-0.4, -0.2) is 6.04 Å². The summed E-state index contributed by atoms with van der Waals surface area (Å²) in [5, 5.41) is 0. The third-order valence-corrected chi connectivity index (χ3v) is 4.34. The third kappa shape index (κ3) is 1.26. The van der Waals surface area contributed by atoms with Gasteiger partial charge in [-0.2, -0.15) is 0 Å². The van der Waals surface area contributed by atoms with E-state index in [1.54, 1.807) is 16.7 Å². The highest BCUT2D eigenvalue weighted by molar-refractivity contribution is 5.46. The van der Waals surface area contributed by atoms with Crippen molar-refractivity contribution in [1.29, 1.82) is 0 Å². The highest BCUT2D eigenvalue weighted by atomic mass is 14.7. The summed E-state index contributed by atoms with van der Waals surface area (Å²) in [5.41, 5.74) is 11.3. The average Bonchev–Trinajstić information content (AvgIpc) is 2.89. The number of aryl methyl sites for hydroxylation is 1. The lowest BCUT2D eigenvalue weighted by Crippen LogP contribution is -2.32. The Morgan fingerprint density at radius 1 is 1.27 bits per heavy atom. The highest BCUT2D eigenvalue weighted by Gasteiger charge is 2.48. The molecule has 0 heterocycles. The van der Waals surface area contributed by atoms with Gasteiger partial charge in [0.05, 0.1) is 0 Å². The van der Waals surface area contributed by atoms with Gasteiger partial charge < -0.3 is 5.73 Å². The SMILES string of the molecule is CC(N)C1(c2cccc3c2CCC3)CC1. The van der Waals surface area contributed by atoms with Crippen molar-refractivity contribution >= 4 is 0 Å². The molecule has 2 aliphatic carbocycles. The second-order valence-electron chi connectivity index (χ2n) is 5.24. The Hall–Kier alpha value is -0.820. The summed E-state index contributed by atoms with van der Waals surface area (Å²) < 4.78 is 0. The number of rotatable bonds is 2. The van der Waals surface area contributed by atoms with Gasteiger partial charge in [-0.3, -0.25) is 0 Å². The van der Waals surface area contributed by atoms with E-state index in [4.69, 9.17) is 5.73 Å². The van der Waals surface area contributed by atoms with Crippen LogP contribution in [0.2, 0.25) is 0 Å². The van der Waals surface area contributed by atoms with Crippen molar-refractivity contribution in [1.82, 2.24) is 0 Å². The van der Waals surface area contributed by atoms with Crippen LogP contribution in [0.4, 0.5) is 0 Å². The van der Waals surface area contributed by atoms with Gasteiger partial charge in [-0.05, 0) is 55.7 Å². The molecule has 0 aliphatic heterocycles.